The first-order valence-electron chi connectivity index (χ1n) is 10.2. The second kappa shape index (κ2) is 9.79. The molecule has 154 valence electrons. The largest absolute Gasteiger partial charge is 0.371 e. The van der Waals surface area contributed by atoms with Crippen LogP contribution in [0.3, 0.4) is 0 Å². The quantitative estimate of drug-likeness (QED) is 0.673. The van der Waals surface area contributed by atoms with Gasteiger partial charge in [0, 0.05) is 24.5 Å². The number of halogens is 1. The Hall–Kier alpha value is -2.53. The maximum Gasteiger partial charge on any atom is 0.253 e. The number of rotatable bonds is 6. The Bertz CT molecular complexity index is 848. The van der Waals surface area contributed by atoms with E-state index in [1.165, 1.54) is 6.42 Å². The zero-order valence-electron chi connectivity index (χ0n) is 17.0. The van der Waals surface area contributed by atoms with Gasteiger partial charge in [-0.05, 0) is 56.9 Å². The summed E-state index contributed by atoms with van der Waals surface area (Å²) in [6, 6.07) is 15.2. The average Bonchev–Trinajstić information content (AvgIpc) is 2.74. The zero-order valence-corrected chi connectivity index (χ0v) is 17.7. The molecule has 1 saturated heterocycles. The van der Waals surface area contributed by atoms with Gasteiger partial charge in [-0.1, -0.05) is 30.3 Å². The molecule has 0 radical (unpaired) electrons. The van der Waals surface area contributed by atoms with Crippen molar-refractivity contribution in [2.24, 2.45) is 0 Å². The maximum absolute atomic E-state index is 13.2. The van der Waals surface area contributed by atoms with Crippen LogP contribution in [0.2, 0.25) is 0 Å². The van der Waals surface area contributed by atoms with Crippen LogP contribution in [-0.4, -0.2) is 30.3 Å². The Morgan fingerprint density at radius 3 is 2.34 bits per heavy atom. The number of alkyl halides is 1. The van der Waals surface area contributed by atoms with E-state index in [9.17, 15) is 9.59 Å². The van der Waals surface area contributed by atoms with E-state index in [2.05, 4.69) is 15.5 Å². The normalized spacial score (nSPS) is 16.0. The van der Waals surface area contributed by atoms with Crippen LogP contribution in [0.25, 0.3) is 0 Å². The van der Waals surface area contributed by atoms with Gasteiger partial charge in [0.1, 0.15) is 5.38 Å². The van der Waals surface area contributed by atoms with Crippen molar-refractivity contribution in [3.8, 4) is 0 Å². The minimum absolute atomic E-state index is 0.126. The van der Waals surface area contributed by atoms with Gasteiger partial charge in [0.05, 0.1) is 11.6 Å². The molecule has 2 aromatic rings. The lowest BCUT2D eigenvalue weighted by Gasteiger charge is -2.31. The Kier molecular flexibility index (Phi) is 7.15. The van der Waals surface area contributed by atoms with Crippen molar-refractivity contribution in [2.45, 2.75) is 44.5 Å². The van der Waals surface area contributed by atoms with Crippen molar-refractivity contribution in [2.75, 3.05) is 23.3 Å². The van der Waals surface area contributed by atoms with Gasteiger partial charge >= 0.3 is 0 Å². The lowest BCUT2D eigenvalue weighted by atomic mass is 10.0. The molecule has 0 aliphatic carbocycles. The number of nitrogens with zero attached hydrogens (tertiary/aromatic N) is 1. The van der Waals surface area contributed by atoms with E-state index < -0.39 is 5.38 Å². The summed E-state index contributed by atoms with van der Waals surface area (Å²) in [5, 5.41) is 5.23. The van der Waals surface area contributed by atoms with E-state index in [4.69, 9.17) is 11.6 Å². The number of benzene rings is 2. The fourth-order valence-electron chi connectivity index (χ4n) is 3.55. The highest BCUT2D eigenvalue weighted by molar-refractivity contribution is 6.32. The predicted molar refractivity (Wildman–Crippen MR) is 119 cm³/mol. The molecule has 0 unspecified atom stereocenters. The molecule has 0 spiro atoms. The smallest absolute Gasteiger partial charge is 0.253 e. The predicted octanol–water partition coefficient (Wildman–Crippen LogP) is 4.73. The summed E-state index contributed by atoms with van der Waals surface area (Å²) in [7, 11) is 0. The van der Waals surface area contributed by atoms with Gasteiger partial charge in [-0.3, -0.25) is 9.59 Å². The molecule has 2 aromatic carbocycles. The third-order valence-electron chi connectivity index (χ3n) is 5.21. The van der Waals surface area contributed by atoms with Gasteiger partial charge < -0.3 is 15.5 Å². The average molecular weight is 414 g/mol. The second-order valence-corrected chi connectivity index (χ2v) is 8.15. The molecule has 1 aliphatic heterocycles. The molecule has 1 fully saturated rings. The molecule has 29 heavy (non-hydrogen) atoms. The SMILES string of the molecule is C[C@@H](Cl)C(=O)Nc1ccc(N2CCCCC2)c(C(=O)N[C@H](C)c2ccccc2)c1. The Balaban J connectivity index is 1.87. The summed E-state index contributed by atoms with van der Waals surface area (Å²) in [5.74, 6) is -0.446. The van der Waals surface area contributed by atoms with Crippen LogP contribution in [-0.2, 0) is 4.79 Å². The molecular formula is C23H28ClN3O2. The van der Waals surface area contributed by atoms with Crippen molar-refractivity contribution in [1.82, 2.24) is 5.32 Å². The number of anilines is 2. The monoisotopic (exact) mass is 413 g/mol. The molecule has 2 atom stereocenters. The van der Waals surface area contributed by atoms with Crippen LogP contribution in [0.4, 0.5) is 11.4 Å². The molecule has 1 aliphatic rings. The fraction of sp³-hybridized carbons (Fsp3) is 0.391. The molecule has 6 heteroatoms. The Labute approximate surface area is 177 Å². The molecule has 2 amide bonds. The summed E-state index contributed by atoms with van der Waals surface area (Å²) in [6.07, 6.45) is 3.44. The molecule has 0 bridgehead atoms. The molecule has 3 rings (SSSR count). The first-order valence-corrected chi connectivity index (χ1v) is 10.6. The number of carbonyl (C=O) groups is 2. The van der Waals surface area contributed by atoms with E-state index in [1.807, 2.05) is 49.4 Å². The highest BCUT2D eigenvalue weighted by Gasteiger charge is 2.21. The number of piperidine rings is 1. The van der Waals surface area contributed by atoms with Crippen molar-refractivity contribution >= 4 is 34.8 Å². The Morgan fingerprint density at radius 1 is 1.00 bits per heavy atom. The first kappa shape index (κ1) is 21.2. The van der Waals surface area contributed by atoms with Crippen molar-refractivity contribution in [3.63, 3.8) is 0 Å². The van der Waals surface area contributed by atoms with Gasteiger partial charge in [0.2, 0.25) is 5.91 Å². The number of carbonyl (C=O) groups excluding carboxylic acids is 2. The van der Waals surface area contributed by atoms with Crippen molar-refractivity contribution in [3.05, 3.63) is 59.7 Å². The third-order valence-corrected chi connectivity index (χ3v) is 5.41. The highest BCUT2D eigenvalue weighted by atomic mass is 35.5. The highest BCUT2D eigenvalue weighted by Crippen LogP contribution is 2.28. The summed E-state index contributed by atoms with van der Waals surface area (Å²) >= 11 is 5.87. The molecule has 2 N–H and O–H groups in total. The minimum Gasteiger partial charge on any atom is -0.371 e. The molecule has 1 heterocycles. The first-order chi connectivity index (χ1) is 14.0. The third kappa shape index (κ3) is 5.51. The number of hydrogen-bond acceptors (Lipinski definition) is 3. The fourth-order valence-corrected chi connectivity index (χ4v) is 3.60. The van der Waals surface area contributed by atoms with Gasteiger partial charge in [-0.15, -0.1) is 11.6 Å². The topological polar surface area (TPSA) is 61.4 Å². The number of nitrogens with one attached hydrogen (secondary N) is 2. The van der Waals surface area contributed by atoms with Gasteiger partial charge in [0.15, 0.2) is 0 Å². The molecule has 5 nitrogen and oxygen atoms in total. The van der Waals surface area contributed by atoms with Crippen LogP contribution in [0.1, 0.15) is 55.1 Å². The minimum atomic E-state index is -0.646. The molecule has 0 saturated carbocycles. The summed E-state index contributed by atoms with van der Waals surface area (Å²) in [5.41, 5.74) is 3.08. The van der Waals surface area contributed by atoms with Crippen LogP contribution in [0.5, 0.6) is 0 Å². The van der Waals surface area contributed by atoms with E-state index >= 15 is 0 Å². The number of amides is 2. The van der Waals surface area contributed by atoms with E-state index in [-0.39, 0.29) is 17.9 Å². The van der Waals surface area contributed by atoms with Crippen LogP contribution in [0, 0.1) is 0 Å². The van der Waals surface area contributed by atoms with Gasteiger partial charge in [0.25, 0.3) is 5.91 Å². The van der Waals surface area contributed by atoms with Gasteiger partial charge in [-0.25, -0.2) is 0 Å². The standard InChI is InChI=1S/C23H28ClN3O2/c1-16(24)22(28)26-19-11-12-21(27-13-7-4-8-14-27)20(15-19)23(29)25-17(2)18-9-5-3-6-10-18/h3,5-6,9-12,15-17H,4,7-8,13-14H2,1-2H3,(H,25,29)(H,26,28)/t16-,17-/m1/s1. The van der Waals surface area contributed by atoms with Crippen LogP contribution < -0.4 is 15.5 Å². The maximum atomic E-state index is 13.2. The Morgan fingerprint density at radius 2 is 1.69 bits per heavy atom. The summed E-state index contributed by atoms with van der Waals surface area (Å²) in [4.78, 5) is 27.4. The van der Waals surface area contributed by atoms with E-state index in [0.717, 1.165) is 37.2 Å². The lowest BCUT2D eigenvalue weighted by Crippen LogP contribution is -2.33. The zero-order chi connectivity index (χ0) is 20.8. The van der Waals surface area contributed by atoms with Crippen molar-refractivity contribution < 1.29 is 9.59 Å². The van der Waals surface area contributed by atoms with E-state index in [0.29, 0.717) is 11.3 Å². The summed E-state index contributed by atoms with van der Waals surface area (Å²) in [6.45, 7) is 5.45. The van der Waals surface area contributed by atoms with Crippen LogP contribution >= 0.6 is 11.6 Å². The second-order valence-electron chi connectivity index (χ2n) is 7.49. The molecular weight excluding hydrogens is 386 g/mol. The van der Waals surface area contributed by atoms with Gasteiger partial charge in [-0.2, -0.15) is 0 Å². The van der Waals surface area contributed by atoms with Crippen LogP contribution in [0.15, 0.2) is 48.5 Å². The summed E-state index contributed by atoms with van der Waals surface area (Å²) < 4.78 is 0. The van der Waals surface area contributed by atoms with E-state index in [1.54, 1.807) is 13.0 Å². The molecule has 0 aromatic heterocycles. The van der Waals surface area contributed by atoms with Crippen molar-refractivity contribution in [1.29, 1.82) is 0 Å². The number of hydrogen-bond donors (Lipinski definition) is 2. The lowest BCUT2D eigenvalue weighted by molar-refractivity contribution is -0.115.